The molecule has 0 aliphatic heterocycles. The van der Waals surface area contributed by atoms with Gasteiger partial charge < -0.3 is 33.2 Å². The SMILES string of the molecule is COc1ccccc1Oc1c(OCCOC(=O)c2cccc(CON(O)O)c2)nc(-c2ncccn2)nc1N(C(C)OC(=O)OCCOCCON(O)O)S(=O)(=O)c1ccc(C(C)(C)C)cc1. The highest BCUT2D eigenvalue weighted by atomic mass is 32.2. The molecule has 0 saturated carbocycles. The number of para-hydroxylation sites is 2. The average molecular weight is 956 g/mol. The van der Waals surface area contributed by atoms with Crippen LogP contribution in [-0.2, 0) is 50.7 Å². The van der Waals surface area contributed by atoms with Gasteiger partial charge >= 0.3 is 12.1 Å². The topological polar surface area (TPSA) is 294 Å². The molecule has 0 amide bonds. The van der Waals surface area contributed by atoms with Crippen LogP contribution < -0.4 is 18.5 Å². The summed E-state index contributed by atoms with van der Waals surface area (Å²) in [6, 6.07) is 19.9. The van der Waals surface area contributed by atoms with Crippen LogP contribution in [0.4, 0.5) is 10.6 Å². The van der Waals surface area contributed by atoms with E-state index >= 15 is 8.42 Å². The number of esters is 1. The van der Waals surface area contributed by atoms with Crippen molar-refractivity contribution in [2.75, 3.05) is 51.1 Å². The number of sulfonamides is 1. The smallest absolute Gasteiger partial charge is 0.493 e. The van der Waals surface area contributed by atoms with Crippen molar-refractivity contribution >= 4 is 28.0 Å². The summed E-state index contributed by atoms with van der Waals surface area (Å²) in [5.41, 5.74) is 0.966. The summed E-state index contributed by atoms with van der Waals surface area (Å²) in [5, 5.41) is 34.2. The van der Waals surface area contributed by atoms with Crippen molar-refractivity contribution < 1.29 is 81.7 Å². The number of nitrogens with zero attached hydrogens (tertiary/aromatic N) is 7. The van der Waals surface area contributed by atoms with Gasteiger partial charge in [0.1, 0.15) is 19.8 Å². The fourth-order valence-corrected chi connectivity index (χ4v) is 7.26. The minimum Gasteiger partial charge on any atom is -0.493 e. The Kier molecular flexibility index (Phi) is 18.6. The molecule has 0 fully saturated rings. The lowest BCUT2D eigenvalue weighted by Crippen LogP contribution is -2.42. The highest BCUT2D eigenvalue weighted by Crippen LogP contribution is 2.44. The molecule has 1 atom stereocenters. The molecule has 0 aliphatic rings. The fourth-order valence-electron chi connectivity index (χ4n) is 5.77. The second-order valence-electron chi connectivity index (χ2n) is 14.6. The Morgan fingerprint density at radius 1 is 0.746 bits per heavy atom. The maximum atomic E-state index is 15.1. The van der Waals surface area contributed by atoms with Crippen LogP contribution in [0, 0.1) is 0 Å². The summed E-state index contributed by atoms with van der Waals surface area (Å²) in [4.78, 5) is 52.7. The Bertz CT molecular complexity index is 2500. The minimum absolute atomic E-state index is 0.0418. The molecule has 4 N–H and O–H groups in total. The van der Waals surface area contributed by atoms with Crippen molar-refractivity contribution in [1.82, 2.24) is 30.7 Å². The summed E-state index contributed by atoms with van der Waals surface area (Å²) >= 11 is 0. The van der Waals surface area contributed by atoms with Crippen LogP contribution in [0.1, 0.15) is 49.2 Å². The highest BCUT2D eigenvalue weighted by Gasteiger charge is 2.39. The number of hydrogen-bond donors (Lipinski definition) is 4. The maximum absolute atomic E-state index is 15.1. The first-order valence-electron chi connectivity index (χ1n) is 20.0. The van der Waals surface area contributed by atoms with E-state index in [0.29, 0.717) is 9.87 Å². The molecule has 24 nitrogen and oxygen atoms in total. The van der Waals surface area contributed by atoms with E-state index < -0.39 is 69.8 Å². The van der Waals surface area contributed by atoms with Crippen molar-refractivity contribution in [1.29, 1.82) is 0 Å². The van der Waals surface area contributed by atoms with Crippen LogP contribution >= 0.6 is 0 Å². The van der Waals surface area contributed by atoms with Crippen LogP contribution in [0.25, 0.3) is 11.6 Å². The lowest BCUT2D eigenvalue weighted by molar-refractivity contribution is -0.497. The zero-order valence-corrected chi connectivity index (χ0v) is 37.6. The third kappa shape index (κ3) is 14.9. The average Bonchev–Trinajstić information content (AvgIpc) is 3.30. The molecular formula is C42H49N7O17S. The first kappa shape index (κ1) is 51.3. The van der Waals surface area contributed by atoms with Gasteiger partial charge in [0.25, 0.3) is 15.9 Å². The molecule has 0 spiro atoms. The minimum atomic E-state index is -4.82. The Balaban J connectivity index is 1.58. The number of hydrogen-bond acceptors (Lipinski definition) is 23. The molecule has 3 aromatic carbocycles. The van der Waals surface area contributed by atoms with E-state index in [1.807, 2.05) is 20.8 Å². The molecule has 0 bridgehead atoms. The van der Waals surface area contributed by atoms with Crippen molar-refractivity contribution in [2.24, 2.45) is 0 Å². The molecular weight excluding hydrogens is 907 g/mol. The van der Waals surface area contributed by atoms with Gasteiger partial charge in [-0.1, -0.05) is 57.2 Å². The van der Waals surface area contributed by atoms with E-state index in [4.69, 9.17) is 54.0 Å². The van der Waals surface area contributed by atoms with Crippen molar-refractivity contribution in [2.45, 2.75) is 50.8 Å². The van der Waals surface area contributed by atoms with Gasteiger partial charge in [0.15, 0.2) is 29.4 Å². The third-order valence-corrected chi connectivity index (χ3v) is 10.7. The van der Waals surface area contributed by atoms with E-state index in [2.05, 4.69) is 29.6 Å². The second kappa shape index (κ2) is 24.2. The molecule has 360 valence electrons. The van der Waals surface area contributed by atoms with Gasteiger partial charge in [0.05, 0.1) is 54.8 Å². The number of aromatic nitrogens is 4. The standard InChI is InChI=1S/C42H49N7O17S/c1-28(65-41(51)62-22-20-59-21-25-63-48(52)53)47(67(56,57)32-16-14-31(15-17-32)42(2,3)4)38-35(66-34-13-7-6-12-33(34)58-5)39(46-37(45-38)36-43-18-9-19-44-36)60-23-24-61-40(50)30-11-8-10-29(26-30)27-64-49(54)55/h6-19,26,28,52-55H,20-25,27H2,1-5H3. The molecule has 2 heterocycles. The molecule has 67 heavy (non-hydrogen) atoms. The summed E-state index contributed by atoms with van der Waals surface area (Å²) in [5.74, 6) is -2.29. The number of methoxy groups -OCH3 is 1. The van der Waals surface area contributed by atoms with Crippen molar-refractivity contribution in [3.63, 3.8) is 0 Å². The molecule has 0 radical (unpaired) electrons. The van der Waals surface area contributed by atoms with E-state index in [-0.39, 0.29) is 72.1 Å². The van der Waals surface area contributed by atoms with Gasteiger partial charge in [0.2, 0.25) is 11.6 Å². The van der Waals surface area contributed by atoms with Crippen molar-refractivity contribution in [3.05, 3.63) is 108 Å². The number of benzene rings is 3. The lowest BCUT2D eigenvalue weighted by atomic mass is 9.87. The summed E-state index contributed by atoms with van der Waals surface area (Å²) in [6.07, 6.45) is -0.290. The zero-order valence-electron chi connectivity index (χ0n) is 36.8. The largest absolute Gasteiger partial charge is 0.510 e. The van der Waals surface area contributed by atoms with Gasteiger partial charge in [-0.05, 0) is 65.9 Å². The Morgan fingerprint density at radius 2 is 1.42 bits per heavy atom. The molecule has 0 saturated heterocycles. The van der Waals surface area contributed by atoms with Gasteiger partial charge in [-0.3, -0.25) is 20.8 Å². The number of anilines is 1. The molecule has 0 aliphatic carbocycles. The van der Waals surface area contributed by atoms with Crippen LogP contribution in [0.2, 0.25) is 0 Å². The summed E-state index contributed by atoms with van der Waals surface area (Å²) < 4.78 is 70.3. The van der Waals surface area contributed by atoms with Gasteiger partial charge in [-0.2, -0.15) is 4.98 Å². The molecule has 2 aromatic heterocycles. The predicted octanol–water partition coefficient (Wildman–Crippen LogP) is 5.50. The quantitative estimate of drug-likeness (QED) is 0.0257. The normalized spacial score (nSPS) is 12.1. The van der Waals surface area contributed by atoms with Gasteiger partial charge in [0, 0.05) is 12.4 Å². The highest BCUT2D eigenvalue weighted by molar-refractivity contribution is 7.92. The first-order valence-corrected chi connectivity index (χ1v) is 21.5. The monoisotopic (exact) mass is 955 g/mol. The van der Waals surface area contributed by atoms with E-state index in [1.54, 1.807) is 36.4 Å². The zero-order chi connectivity index (χ0) is 48.6. The number of carbonyl (C=O) groups excluding carboxylic acids is 2. The predicted molar refractivity (Wildman–Crippen MR) is 227 cm³/mol. The number of rotatable bonds is 24. The molecule has 5 aromatic rings. The van der Waals surface area contributed by atoms with Gasteiger partial charge in [-0.25, -0.2) is 46.9 Å². The fraction of sp³-hybridized carbons (Fsp3) is 0.333. The van der Waals surface area contributed by atoms with E-state index in [9.17, 15) is 9.59 Å². The van der Waals surface area contributed by atoms with Crippen molar-refractivity contribution in [3.8, 4) is 34.8 Å². The van der Waals surface area contributed by atoms with Crippen LogP contribution in [0.15, 0.2) is 96.2 Å². The Morgan fingerprint density at radius 3 is 2.09 bits per heavy atom. The van der Waals surface area contributed by atoms with Gasteiger partial charge in [-0.15, -0.1) is 0 Å². The van der Waals surface area contributed by atoms with E-state index in [0.717, 1.165) is 5.56 Å². The third-order valence-electron chi connectivity index (χ3n) is 8.89. The summed E-state index contributed by atoms with van der Waals surface area (Å²) in [6.45, 7) is 5.13. The summed E-state index contributed by atoms with van der Waals surface area (Å²) in [7, 11) is -3.44. The second-order valence-corrected chi connectivity index (χ2v) is 16.4. The van der Waals surface area contributed by atoms with Crippen LogP contribution in [0.5, 0.6) is 23.1 Å². The maximum Gasteiger partial charge on any atom is 0.510 e. The lowest BCUT2D eigenvalue weighted by Gasteiger charge is -2.30. The molecule has 25 heteroatoms. The number of ether oxygens (including phenoxy) is 7. The van der Waals surface area contributed by atoms with E-state index in [1.165, 1.54) is 68.9 Å². The molecule has 5 rings (SSSR count). The van der Waals surface area contributed by atoms with Crippen LogP contribution in [0.3, 0.4) is 0 Å². The molecule has 1 unspecified atom stereocenters. The van der Waals surface area contributed by atoms with Crippen LogP contribution in [-0.4, -0.2) is 125 Å². The number of carbonyl (C=O) groups is 2. The Labute approximate surface area is 384 Å². The Hall–Kier alpha value is -6.65. The first-order chi connectivity index (χ1) is 32.0.